The topological polar surface area (TPSA) is 135 Å². The number of anilines is 1. The molecule has 1 aliphatic heterocycles. The van der Waals surface area contributed by atoms with Crippen molar-refractivity contribution in [2.75, 3.05) is 24.3 Å². The fourth-order valence-electron chi connectivity index (χ4n) is 4.63. The number of likely N-dealkylation sites (tertiary alicyclic amines) is 1. The maximum atomic E-state index is 12.8. The number of aromatic nitrogens is 3. The Morgan fingerprint density at radius 3 is 2.59 bits per heavy atom. The van der Waals surface area contributed by atoms with E-state index in [2.05, 4.69) is 22.3 Å². The lowest BCUT2D eigenvalue weighted by atomic mass is 10.0. The van der Waals surface area contributed by atoms with Gasteiger partial charge in [0.15, 0.2) is 11.5 Å². The fourth-order valence-corrected chi connectivity index (χ4v) is 4.63. The Morgan fingerprint density at radius 2 is 1.95 bits per heavy atom. The number of carbonyl (C=O) groups excluding carboxylic acids is 3. The van der Waals surface area contributed by atoms with Gasteiger partial charge in [-0.15, -0.1) is 0 Å². The molecule has 1 fully saturated rings. The fraction of sp³-hybridized carbons (Fsp3) is 0.296. The highest BCUT2D eigenvalue weighted by molar-refractivity contribution is 6.04. The van der Waals surface area contributed by atoms with Crippen LogP contribution in [0.3, 0.4) is 0 Å². The van der Waals surface area contributed by atoms with Crippen LogP contribution in [0.4, 0.5) is 5.82 Å². The smallest absolute Gasteiger partial charge is 0.269 e. The minimum atomic E-state index is -0.663. The van der Waals surface area contributed by atoms with E-state index in [0.717, 1.165) is 24.8 Å². The van der Waals surface area contributed by atoms with Gasteiger partial charge in [-0.05, 0) is 61.6 Å². The standard InChI is InChI=1S/C27H31N7O3/c1-4-17-13-14-30-21(16-17)31-27(37)19-11-9-18(10-12-19)23-24(25(28)36)34(29-3)26(32-23)20-8-6-7-15-33(20)22(35)5-2/h5,9-14,16,20,29H,2,4,6-8,15H2,1,3H3,(H2,28,36)(H,30,31,37). The molecule has 3 aromatic rings. The van der Waals surface area contributed by atoms with Crippen molar-refractivity contribution in [3.63, 3.8) is 0 Å². The van der Waals surface area contributed by atoms with Gasteiger partial charge in [0.2, 0.25) is 5.91 Å². The van der Waals surface area contributed by atoms with Gasteiger partial charge in [0.05, 0.1) is 6.04 Å². The van der Waals surface area contributed by atoms with Crippen LogP contribution in [0, 0.1) is 0 Å². The first kappa shape index (κ1) is 25.6. The van der Waals surface area contributed by atoms with Crippen LogP contribution in [0.5, 0.6) is 0 Å². The predicted molar refractivity (Wildman–Crippen MR) is 142 cm³/mol. The first-order chi connectivity index (χ1) is 17.9. The molecule has 0 bridgehead atoms. The average Bonchev–Trinajstić information content (AvgIpc) is 3.32. The van der Waals surface area contributed by atoms with E-state index in [4.69, 9.17) is 10.7 Å². The molecule has 0 spiro atoms. The molecule has 37 heavy (non-hydrogen) atoms. The van der Waals surface area contributed by atoms with Crippen molar-refractivity contribution in [1.29, 1.82) is 0 Å². The Bertz CT molecular complexity index is 1330. The van der Waals surface area contributed by atoms with Crippen molar-refractivity contribution in [3.8, 4) is 11.3 Å². The third-order valence-electron chi connectivity index (χ3n) is 6.51. The lowest BCUT2D eigenvalue weighted by Crippen LogP contribution is -2.39. The molecule has 1 unspecified atom stereocenters. The van der Waals surface area contributed by atoms with Crippen LogP contribution in [-0.4, -0.2) is 50.9 Å². The summed E-state index contributed by atoms with van der Waals surface area (Å²) in [6, 6.07) is 10.2. The minimum Gasteiger partial charge on any atom is -0.364 e. The first-order valence-corrected chi connectivity index (χ1v) is 12.3. The van der Waals surface area contributed by atoms with Crippen molar-refractivity contribution >= 4 is 23.5 Å². The van der Waals surface area contributed by atoms with Gasteiger partial charge in [-0.1, -0.05) is 25.6 Å². The maximum Gasteiger partial charge on any atom is 0.269 e. The van der Waals surface area contributed by atoms with Crippen LogP contribution in [0.15, 0.2) is 55.3 Å². The van der Waals surface area contributed by atoms with E-state index in [1.165, 1.54) is 6.08 Å². The average molecular weight is 502 g/mol. The molecule has 192 valence electrons. The van der Waals surface area contributed by atoms with E-state index >= 15 is 0 Å². The van der Waals surface area contributed by atoms with E-state index < -0.39 is 5.91 Å². The number of nitrogens with two attached hydrogens (primary N) is 1. The molecule has 0 aliphatic carbocycles. The van der Waals surface area contributed by atoms with Crippen LogP contribution in [-0.2, 0) is 11.2 Å². The first-order valence-electron chi connectivity index (χ1n) is 12.3. The molecule has 10 nitrogen and oxygen atoms in total. The van der Waals surface area contributed by atoms with Gasteiger partial charge < -0.3 is 21.4 Å². The third-order valence-corrected chi connectivity index (χ3v) is 6.51. The van der Waals surface area contributed by atoms with E-state index in [-0.39, 0.29) is 23.6 Å². The second kappa shape index (κ2) is 11.1. The second-order valence-corrected chi connectivity index (χ2v) is 8.77. The molecular formula is C27H31N7O3. The van der Waals surface area contributed by atoms with Crippen molar-refractivity contribution in [2.24, 2.45) is 5.73 Å². The third kappa shape index (κ3) is 5.23. The van der Waals surface area contributed by atoms with Crippen molar-refractivity contribution in [3.05, 3.63) is 77.9 Å². The molecule has 1 atom stereocenters. The number of piperidine rings is 1. The zero-order valence-corrected chi connectivity index (χ0v) is 21.0. The summed E-state index contributed by atoms with van der Waals surface area (Å²) in [7, 11) is 1.67. The molecule has 1 saturated heterocycles. The summed E-state index contributed by atoms with van der Waals surface area (Å²) < 4.78 is 1.55. The van der Waals surface area contributed by atoms with Crippen molar-refractivity contribution in [2.45, 2.75) is 38.6 Å². The second-order valence-electron chi connectivity index (χ2n) is 8.77. The number of primary amides is 1. The van der Waals surface area contributed by atoms with E-state index in [1.807, 2.05) is 19.1 Å². The Labute approximate surface area is 215 Å². The van der Waals surface area contributed by atoms with Crippen LogP contribution >= 0.6 is 0 Å². The number of imidazole rings is 1. The Kier molecular flexibility index (Phi) is 7.66. The van der Waals surface area contributed by atoms with Gasteiger partial charge in [0.1, 0.15) is 11.5 Å². The van der Waals surface area contributed by atoms with Crippen LogP contribution < -0.4 is 16.5 Å². The largest absolute Gasteiger partial charge is 0.364 e. The summed E-state index contributed by atoms with van der Waals surface area (Å²) in [5.41, 5.74) is 11.4. The summed E-state index contributed by atoms with van der Waals surface area (Å²) in [4.78, 5) is 48.5. The molecule has 3 amide bonds. The van der Waals surface area contributed by atoms with Gasteiger partial charge in [-0.2, -0.15) is 0 Å². The van der Waals surface area contributed by atoms with Crippen LogP contribution in [0.25, 0.3) is 11.3 Å². The van der Waals surface area contributed by atoms with Crippen molar-refractivity contribution < 1.29 is 14.4 Å². The number of carbonyl (C=O) groups is 3. The predicted octanol–water partition coefficient (Wildman–Crippen LogP) is 3.27. The number of hydrogen-bond donors (Lipinski definition) is 3. The Balaban J connectivity index is 1.67. The zero-order valence-electron chi connectivity index (χ0n) is 21.0. The van der Waals surface area contributed by atoms with E-state index in [0.29, 0.717) is 41.4 Å². The van der Waals surface area contributed by atoms with E-state index in [1.54, 1.807) is 47.1 Å². The van der Waals surface area contributed by atoms with Gasteiger partial charge in [0.25, 0.3) is 11.8 Å². The molecule has 0 saturated carbocycles. The number of aryl methyl sites for hydroxylation is 1. The van der Waals surface area contributed by atoms with Gasteiger partial charge in [-0.3, -0.25) is 14.4 Å². The molecule has 1 aliphatic rings. The lowest BCUT2D eigenvalue weighted by molar-refractivity contribution is -0.129. The molecule has 2 aromatic heterocycles. The highest BCUT2D eigenvalue weighted by Crippen LogP contribution is 2.34. The number of rotatable bonds is 8. The van der Waals surface area contributed by atoms with Gasteiger partial charge in [0, 0.05) is 30.9 Å². The number of nitrogens with one attached hydrogen (secondary N) is 2. The minimum absolute atomic E-state index is 0.173. The van der Waals surface area contributed by atoms with Gasteiger partial charge in [-0.25, -0.2) is 14.6 Å². The number of hydrogen-bond acceptors (Lipinski definition) is 6. The van der Waals surface area contributed by atoms with E-state index in [9.17, 15) is 14.4 Å². The number of benzene rings is 1. The van der Waals surface area contributed by atoms with Crippen LogP contribution in [0.1, 0.15) is 64.5 Å². The molecular weight excluding hydrogens is 470 g/mol. The summed E-state index contributed by atoms with van der Waals surface area (Å²) in [6.45, 7) is 6.23. The highest BCUT2D eigenvalue weighted by Gasteiger charge is 2.33. The quantitative estimate of drug-likeness (QED) is 0.406. The molecule has 4 N–H and O–H groups in total. The molecule has 10 heteroatoms. The van der Waals surface area contributed by atoms with Gasteiger partial charge >= 0.3 is 0 Å². The number of amides is 3. The normalized spacial score (nSPS) is 15.2. The SMILES string of the molecule is C=CC(=O)N1CCCCC1c1nc(-c2ccc(C(=O)Nc3cc(CC)ccn3)cc2)c(C(N)=O)n1NC. The van der Waals surface area contributed by atoms with Crippen LogP contribution in [0.2, 0.25) is 0 Å². The Hall–Kier alpha value is -4.47. The lowest BCUT2D eigenvalue weighted by Gasteiger charge is -2.34. The number of pyridine rings is 1. The summed E-state index contributed by atoms with van der Waals surface area (Å²) in [5.74, 6) is -0.154. The summed E-state index contributed by atoms with van der Waals surface area (Å²) in [6.07, 6.45) is 6.29. The molecule has 4 rings (SSSR count). The highest BCUT2D eigenvalue weighted by atomic mass is 16.2. The van der Waals surface area contributed by atoms with Crippen molar-refractivity contribution in [1.82, 2.24) is 19.5 Å². The molecule has 1 aromatic carbocycles. The maximum absolute atomic E-state index is 12.8. The number of nitrogens with zero attached hydrogens (tertiary/aromatic N) is 4. The Morgan fingerprint density at radius 1 is 1.19 bits per heavy atom. The zero-order chi connectivity index (χ0) is 26.5. The summed E-state index contributed by atoms with van der Waals surface area (Å²) in [5, 5.41) is 2.81. The monoisotopic (exact) mass is 501 g/mol. The molecule has 3 heterocycles. The molecule has 0 radical (unpaired) electrons. The summed E-state index contributed by atoms with van der Waals surface area (Å²) >= 11 is 0.